The van der Waals surface area contributed by atoms with Crippen molar-refractivity contribution in [3.63, 3.8) is 0 Å². The van der Waals surface area contributed by atoms with Gasteiger partial charge in [-0.15, -0.1) is 11.3 Å². The second-order valence-electron chi connectivity index (χ2n) is 5.44. The summed E-state index contributed by atoms with van der Waals surface area (Å²) in [6, 6.07) is 8.50. The van der Waals surface area contributed by atoms with Crippen LogP contribution in [0, 0.1) is 0 Å². The predicted molar refractivity (Wildman–Crippen MR) is 93.0 cm³/mol. The Morgan fingerprint density at radius 1 is 1.19 bits per heavy atom. The third-order valence-corrected chi connectivity index (χ3v) is 6.06. The van der Waals surface area contributed by atoms with Crippen molar-refractivity contribution in [2.45, 2.75) is 38.3 Å². The van der Waals surface area contributed by atoms with Gasteiger partial charge in [0, 0.05) is 17.0 Å². The molecule has 0 amide bonds. The van der Waals surface area contributed by atoms with E-state index in [2.05, 4.69) is 18.3 Å². The van der Waals surface area contributed by atoms with Crippen molar-refractivity contribution >= 4 is 46.1 Å². The summed E-state index contributed by atoms with van der Waals surface area (Å²) < 4.78 is 0.885. The molecule has 21 heavy (non-hydrogen) atoms. The lowest BCUT2D eigenvalue weighted by Gasteiger charge is -2.27. The van der Waals surface area contributed by atoms with Gasteiger partial charge in [0.1, 0.15) is 0 Å². The number of nitrogens with one attached hydrogen (secondary N) is 1. The lowest BCUT2D eigenvalue weighted by atomic mass is 9.93. The Kier molecular flexibility index (Phi) is 4.82. The number of hydrogen-bond acceptors (Lipinski definition) is 2. The van der Waals surface area contributed by atoms with E-state index < -0.39 is 0 Å². The molecule has 2 unspecified atom stereocenters. The van der Waals surface area contributed by atoms with Crippen LogP contribution in [0.25, 0.3) is 0 Å². The molecule has 1 aromatic heterocycles. The average molecular weight is 361 g/mol. The summed E-state index contributed by atoms with van der Waals surface area (Å²) in [6.45, 7) is 2.15. The minimum absolute atomic E-state index is 0.217. The normalized spacial score (nSPS) is 19.3. The molecule has 1 aliphatic rings. The number of thiophene rings is 1. The molecule has 112 valence electrons. The maximum atomic E-state index is 6.17. The number of halogens is 3. The van der Waals surface area contributed by atoms with Gasteiger partial charge >= 0.3 is 0 Å². The summed E-state index contributed by atoms with van der Waals surface area (Å²) in [5.41, 5.74) is 2.51. The summed E-state index contributed by atoms with van der Waals surface area (Å²) in [6.07, 6.45) is 3.49. The third-order valence-electron chi connectivity index (χ3n) is 3.98. The molecule has 2 aromatic rings. The summed E-state index contributed by atoms with van der Waals surface area (Å²) in [5, 5.41) is 4.89. The zero-order chi connectivity index (χ0) is 15.0. The minimum Gasteiger partial charge on any atom is -0.303 e. The lowest BCUT2D eigenvalue weighted by Crippen LogP contribution is -2.27. The zero-order valence-electron chi connectivity index (χ0n) is 11.6. The van der Waals surface area contributed by atoms with Crippen molar-refractivity contribution in [3.8, 4) is 0 Å². The van der Waals surface area contributed by atoms with Crippen molar-refractivity contribution in [3.05, 3.63) is 54.7 Å². The molecule has 0 saturated heterocycles. The van der Waals surface area contributed by atoms with E-state index in [0.717, 1.165) is 22.7 Å². The number of fused-ring (bicyclic) bond motifs is 1. The monoisotopic (exact) mass is 359 g/mol. The summed E-state index contributed by atoms with van der Waals surface area (Å²) >= 11 is 20.0. The number of hydrogen-bond donors (Lipinski definition) is 1. The summed E-state index contributed by atoms with van der Waals surface area (Å²) in [7, 11) is 0. The van der Waals surface area contributed by atoms with Gasteiger partial charge in [0.15, 0.2) is 0 Å². The van der Waals surface area contributed by atoms with Gasteiger partial charge in [-0.2, -0.15) is 0 Å². The Bertz CT molecular complexity index is 653. The van der Waals surface area contributed by atoms with Crippen LogP contribution in [0.4, 0.5) is 0 Å². The Balaban J connectivity index is 1.79. The van der Waals surface area contributed by atoms with E-state index >= 15 is 0 Å². The van der Waals surface area contributed by atoms with Crippen molar-refractivity contribution in [2.24, 2.45) is 0 Å². The van der Waals surface area contributed by atoms with Crippen LogP contribution in [0.1, 0.15) is 47.9 Å². The van der Waals surface area contributed by atoms with Crippen LogP contribution in [0.15, 0.2) is 24.3 Å². The quantitative estimate of drug-likeness (QED) is 0.664. The van der Waals surface area contributed by atoms with Crippen LogP contribution in [0.5, 0.6) is 0 Å². The maximum Gasteiger partial charge on any atom is 0.0934 e. The van der Waals surface area contributed by atoms with E-state index in [1.54, 1.807) is 11.3 Å². The zero-order valence-corrected chi connectivity index (χ0v) is 14.7. The molecule has 2 atom stereocenters. The van der Waals surface area contributed by atoms with E-state index in [1.807, 2.05) is 18.2 Å². The first-order chi connectivity index (χ1) is 10.0. The second-order valence-corrected chi connectivity index (χ2v) is 8.02. The van der Waals surface area contributed by atoms with Gasteiger partial charge < -0.3 is 5.32 Å². The fourth-order valence-corrected chi connectivity index (χ4v) is 4.56. The molecule has 0 saturated carbocycles. The van der Waals surface area contributed by atoms with Crippen molar-refractivity contribution in [1.82, 2.24) is 5.32 Å². The fourth-order valence-electron chi connectivity index (χ4n) is 2.87. The molecular weight excluding hydrogens is 345 g/mol. The van der Waals surface area contributed by atoms with Crippen molar-refractivity contribution in [1.29, 1.82) is 0 Å². The lowest BCUT2D eigenvalue weighted by molar-refractivity contribution is 0.418. The first kappa shape index (κ1) is 15.6. The van der Waals surface area contributed by atoms with Gasteiger partial charge in [-0.1, -0.05) is 40.9 Å². The number of rotatable bonds is 3. The number of benzene rings is 1. The molecule has 0 spiro atoms. The molecule has 1 heterocycles. The third kappa shape index (κ3) is 3.40. The van der Waals surface area contributed by atoms with Gasteiger partial charge in [-0.25, -0.2) is 0 Å². The molecular formula is C16H16Cl3NS. The smallest absolute Gasteiger partial charge is 0.0934 e. The molecule has 0 aliphatic heterocycles. The highest BCUT2D eigenvalue weighted by Gasteiger charge is 2.24. The highest BCUT2D eigenvalue weighted by molar-refractivity contribution is 7.16. The second kappa shape index (κ2) is 6.47. The Morgan fingerprint density at radius 3 is 2.76 bits per heavy atom. The minimum atomic E-state index is 0.217. The molecule has 0 bridgehead atoms. The van der Waals surface area contributed by atoms with Crippen LogP contribution >= 0.6 is 46.1 Å². The van der Waals surface area contributed by atoms with Gasteiger partial charge in [0.05, 0.1) is 14.4 Å². The Labute approximate surface area is 144 Å². The summed E-state index contributed by atoms with van der Waals surface area (Å²) in [5.74, 6) is 0. The van der Waals surface area contributed by atoms with Gasteiger partial charge in [-0.3, -0.25) is 0 Å². The van der Waals surface area contributed by atoms with Crippen LogP contribution in [0.2, 0.25) is 14.4 Å². The molecule has 1 aromatic carbocycles. The highest BCUT2D eigenvalue weighted by Crippen LogP contribution is 2.39. The van der Waals surface area contributed by atoms with Crippen LogP contribution in [0.3, 0.4) is 0 Å². The van der Waals surface area contributed by atoms with Crippen molar-refractivity contribution < 1.29 is 0 Å². The van der Waals surface area contributed by atoms with Gasteiger partial charge in [-0.05, 0) is 55.5 Å². The Hall–Kier alpha value is -0.250. The first-order valence-electron chi connectivity index (χ1n) is 7.03. The van der Waals surface area contributed by atoms with E-state index in [1.165, 1.54) is 16.9 Å². The van der Waals surface area contributed by atoms with E-state index in [9.17, 15) is 0 Å². The molecule has 0 radical (unpaired) electrons. The summed E-state index contributed by atoms with van der Waals surface area (Å²) in [4.78, 5) is 1.42. The molecule has 5 heteroatoms. The van der Waals surface area contributed by atoms with E-state index in [0.29, 0.717) is 16.1 Å². The predicted octanol–water partition coefficient (Wildman–Crippen LogP) is 6.44. The fraction of sp³-hybridized carbons (Fsp3) is 0.375. The van der Waals surface area contributed by atoms with E-state index in [-0.39, 0.29) is 6.04 Å². The van der Waals surface area contributed by atoms with Gasteiger partial charge in [0.25, 0.3) is 0 Å². The van der Waals surface area contributed by atoms with Crippen molar-refractivity contribution in [2.75, 3.05) is 0 Å². The topological polar surface area (TPSA) is 12.0 Å². The van der Waals surface area contributed by atoms with Crippen LogP contribution < -0.4 is 5.32 Å². The Morgan fingerprint density at radius 2 is 2.00 bits per heavy atom. The largest absolute Gasteiger partial charge is 0.303 e. The van der Waals surface area contributed by atoms with E-state index in [4.69, 9.17) is 34.8 Å². The molecule has 0 fully saturated rings. The molecule has 3 rings (SSSR count). The average Bonchev–Trinajstić information content (AvgIpc) is 2.83. The standard InChI is InChI=1S/C16H16Cl3NS/c1-9(10-5-6-12(17)13(18)7-10)20-14-3-2-4-15-11(14)8-16(19)21-15/h5-9,14,20H,2-4H2,1H3. The molecule has 1 N–H and O–H groups in total. The van der Waals surface area contributed by atoms with Gasteiger partial charge in [0.2, 0.25) is 0 Å². The molecule has 1 aliphatic carbocycles. The molecule has 1 nitrogen and oxygen atoms in total. The first-order valence-corrected chi connectivity index (χ1v) is 8.98. The SMILES string of the molecule is CC(NC1CCCc2sc(Cl)cc21)c1ccc(Cl)c(Cl)c1. The van der Waals surface area contributed by atoms with Crippen LogP contribution in [-0.4, -0.2) is 0 Å². The number of aryl methyl sites for hydroxylation is 1. The highest BCUT2D eigenvalue weighted by atomic mass is 35.5. The maximum absolute atomic E-state index is 6.17. The van der Waals surface area contributed by atoms with Crippen LogP contribution in [-0.2, 0) is 6.42 Å².